The van der Waals surface area contributed by atoms with Crippen LogP contribution in [0.15, 0.2) is 33.5 Å². The molecule has 0 spiro atoms. The van der Waals surface area contributed by atoms with E-state index >= 15 is 0 Å². The lowest BCUT2D eigenvalue weighted by atomic mass is 9.97. The second-order valence-corrected chi connectivity index (χ2v) is 10.4. The van der Waals surface area contributed by atoms with E-state index in [4.69, 9.17) is 23.4 Å². The van der Waals surface area contributed by atoms with Gasteiger partial charge < -0.3 is 84.6 Å². The van der Waals surface area contributed by atoms with Crippen LogP contribution in [0.2, 0.25) is 0 Å². The topological polar surface area (TPSA) is 313 Å². The Morgan fingerprint density at radius 1 is 0.733 bits per heavy atom. The number of benzene rings is 2. The first kappa shape index (κ1) is 32.4. The van der Waals surface area contributed by atoms with Gasteiger partial charge in [0, 0.05) is 17.7 Å². The predicted molar refractivity (Wildman–Crippen MR) is 141 cm³/mol. The SMILES string of the molecule is O=c1c(O[C@@H]2O[C@H](CO)[C@@H](O)[C@H](O)[C@H]2O[C@@H]2O[C@H](CO)[C@@H](O)[C@H](O)[C@H]2O)c(-c2cc(O)c([O-])c(O)c2)oc2cc(O)cc(O)c12. The molecule has 0 amide bonds. The zero-order chi connectivity index (χ0) is 32.9. The second-order valence-electron chi connectivity index (χ2n) is 10.4. The van der Waals surface area contributed by atoms with Gasteiger partial charge in [-0.25, -0.2) is 0 Å². The van der Waals surface area contributed by atoms with E-state index in [9.17, 15) is 66.1 Å². The average Bonchev–Trinajstić information content (AvgIpc) is 2.99. The minimum Gasteiger partial charge on any atom is -0.867 e. The number of hydrogen-bond acceptors (Lipinski definition) is 18. The highest BCUT2D eigenvalue weighted by Gasteiger charge is 2.51. The standard InChI is InChI=1S/C27H30O18/c28-5-13-17(35)20(38)22(40)26(42-13)45-25-21(39)18(36)14(6-29)43-27(25)44-24-19(37)15-9(31)3-8(30)4-12(15)41-23(24)7-1-10(32)16(34)11(33)2-7/h1-4,13-14,17-18,20-22,25-36,38-40H,5-6H2/p-1/t13-,14-,17-,18-,20+,21+,22-,25-,26+,27+/m1/s1. The highest BCUT2D eigenvalue weighted by molar-refractivity contribution is 5.88. The molecule has 2 saturated heterocycles. The van der Waals surface area contributed by atoms with Crippen LogP contribution in [0.4, 0.5) is 0 Å². The van der Waals surface area contributed by atoms with Gasteiger partial charge in [0.15, 0.2) is 18.2 Å². The molecule has 0 saturated carbocycles. The lowest BCUT2D eigenvalue weighted by molar-refractivity contribution is -0.358. The molecule has 1 aromatic heterocycles. The molecule has 0 unspecified atom stereocenters. The summed E-state index contributed by atoms with van der Waals surface area (Å²) in [5.41, 5.74) is -1.93. The smallest absolute Gasteiger partial charge is 0.239 e. The summed E-state index contributed by atoms with van der Waals surface area (Å²) >= 11 is 0. The average molecular weight is 642 g/mol. The Hall–Kier alpha value is -3.95. The van der Waals surface area contributed by atoms with Crippen LogP contribution in [0.5, 0.6) is 34.5 Å². The molecule has 2 fully saturated rings. The maximum atomic E-state index is 13.7. The van der Waals surface area contributed by atoms with Crippen LogP contribution in [0.25, 0.3) is 22.3 Å². The zero-order valence-electron chi connectivity index (χ0n) is 22.8. The van der Waals surface area contributed by atoms with Crippen molar-refractivity contribution in [2.75, 3.05) is 13.2 Å². The fraction of sp³-hybridized carbons (Fsp3) is 0.444. The van der Waals surface area contributed by atoms with Crippen LogP contribution in [0, 0.1) is 0 Å². The monoisotopic (exact) mass is 641 g/mol. The van der Waals surface area contributed by atoms with Crippen molar-refractivity contribution in [3.05, 3.63) is 34.5 Å². The van der Waals surface area contributed by atoms with Gasteiger partial charge >= 0.3 is 0 Å². The molecule has 0 radical (unpaired) electrons. The Morgan fingerprint density at radius 3 is 1.91 bits per heavy atom. The van der Waals surface area contributed by atoms with Gasteiger partial charge in [0.25, 0.3) is 0 Å². The molecule has 11 N–H and O–H groups in total. The lowest BCUT2D eigenvalue weighted by Gasteiger charge is -2.45. The summed E-state index contributed by atoms with van der Waals surface area (Å²) < 4.78 is 27.9. The van der Waals surface area contributed by atoms with Gasteiger partial charge in [-0.1, -0.05) is 0 Å². The highest BCUT2D eigenvalue weighted by atomic mass is 16.8. The Kier molecular flexibility index (Phi) is 8.97. The van der Waals surface area contributed by atoms with E-state index in [0.717, 1.165) is 24.3 Å². The molecule has 0 aliphatic carbocycles. The van der Waals surface area contributed by atoms with Crippen molar-refractivity contribution in [2.45, 2.75) is 61.4 Å². The summed E-state index contributed by atoms with van der Waals surface area (Å²) in [7, 11) is 0. The van der Waals surface area contributed by atoms with Crippen LogP contribution >= 0.6 is 0 Å². The van der Waals surface area contributed by atoms with Crippen LogP contribution in [-0.4, -0.2) is 131 Å². The van der Waals surface area contributed by atoms with Crippen molar-refractivity contribution in [3.8, 4) is 45.8 Å². The first-order valence-corrected chi connectivity index (χ1v) is 13.3. The van der Waals surface area contributed by atoms with Crippen molar-refractivity contribution in [3.63, 3.8) is 0 Å². The number of rotatable bonds is 7. The van der Waals surface area contributed by atoms with Crippen molar-refractivity contribution >= 4 is 11.0 Å². The molecular formula is C27H29O18-. The molecule has 2 aliphatic heterocycles. The maximum absolute atomic E-state index is 13.7. The van der Waals surface area contributed by atoms with Gasteiger partial charge in [-0.05, 0) is 17.9 Å². The van der Waals surface area contributed by atoms with Crippen LogP contribution in [0.3, 0.4) is 0 Å². The van der Waals surface area contributed by atoms with Gasteiger partial charge in [0.1, 0.15) is 76.7 Å². The molecular weight excluding hydrogens is 612 g/mol. The molecule has 2 aliphatic rings. The summed E-state index contributed by atoms with van der Waals surface area (Å²) in [6.45, 7) is -1.75. The number of phenolic OH excluding ortho intramolecular Hbond substituents is 4. The normalized spacial score (nSPS) is 32.1. The summed E-state index contributed by atoms with van der Waals surface area (Å²) in [5, 5.41) is 123. The van der Waals surface area contributed by atoms with E-state index in [2.05, 4.69) is 0 Å². The van der Waals surface area contributed by atoms with Crippen molar-refractivity contribution in [2.24, 2.45) is 0 Å². The number of aliphatic hydroxyl groups excluding tert-OH is 7. The summed E-state index contributed by atoms with van der Waals surface area (Å²) in [5.74, 6) is -5.93. The number of aliphatic hydroxyl groups is 7. The fourth-order valence-electron chi connectivity index (χ4n) is 5.04. The third-order valence-corrected chi connectivity index (χ3v) is 7.43. The lowest BCUT2D eigenvalue weighted by Crippen LogP contribution is -2.65. The molecule has 246 valence electrons. The summed E-state index contributed by atoms with van der Waals surface area (Å²) in [6, 6.07) is 3.33. The first-order chi connectivity index (χ1) is 21.3. The molecule has 3 aromatic rings. The number of aromatic hydroxyl groups is 4. The number of ether oxygens (including phenoxy) is 4. The van der Waals surface area contributed by atoms with E-state index in [1.807, 2.05) is 0 Å². The fourth-order valence-corrected chi connectivity index (χ4v) is 5.04. The Labute approximate surface area is 250 Å². The Balaban J connectivity index is 1.63. The van der Waals surface area contributed by atoms with E-state index < -0.39 is 131 Å². The van der Waals surface area contributed by atoms with Gasteiger partial charge in [-0.2, -0.15) is 0 Å². The minimum atomic E-state index is -2.03. The van der Waals surface area contributed by atoms with E-state index in [-0.39, 0.29) is 5.56 Å². The third-order valence-electron chi connectivity index (χ3n) is 7.43. The number of phenols is 4. The van der Waals surface area contributed by atoms with Crippen LogP contribution < -0.4 is 15.3 Å². The van der Waals surface area contributed by atoms with E-state index in [1.54, 1.807) is 0 Å². The second kappa shape index (κ2) is 12.4. The Bertz CT molecular complexity index is 1580. The zero-order valence-corrected chi connectivity index (χ0v) is 22.8. The molecule has 45 heavy (non-hydrogen) atoms. The van der Waals surface area contributed by atoms with Gasteiger partial charge in [0.05, 0.1) is 13.2 Å². The van der Waals surface area contributed by atoms with Crippen LogP contribution in [0.1, 0.15) is 0 Å². The summed E-state index contributed by atoms with van der Waals surface area (Å²) in [6.07, 6.45) is -18.5. The number of hydrogen-bond donors (Lipinski definition) is 11. The van der Waals surface area contributed by atoms with Crippen molar-refractivity contribution in [1.82, 2.24) is 0 Å². The predicted octanol–water partition coefficient (Wildman–Crippen LogP) is -3.64. The maximum Gasteiger partial charge on any atom is 0.239 e. The molecule has 5 rings (SSSR count). The molecule has 3 heterocycles. The molecule has 0 bridgehead atoms. The first-order valence-electron chi connectivity index (χ1n) is 13.3. The van der Waals surface area contributed by atoms with Crippen molar-refractivity contribution in [1.29, 1.82) is 0 Å². The van der Waals surface area contributed by atoms with E-state index in [1.165, 1.54) is 0 Å². The van der Waals surface area contributed by atoms with Gasteiger partial charge in [-0.15, -0.1) is 0 Å². The van der Waals surface area contributed by atoms with Crippen LogP contribution in [-0.2, 0) is 14.2 Å². The van der Waals surface area contributed by atoms with Gasteiger partial charge in [0.2, 0.25) is 17.5 Å². The largest absolute Gasteiger partial charge is 0.867 e. The molecule has 2 aromatic carbocycles. The Morgan fingerprint density at radius 2 is 1.31 bits per heavy atom. The third kappa shape index (κ3) is 5.79. The number of fused-ring (bicyclic) bond motifs is 1. The molecule has 10 atom stereocenters. The quantitative estimate of drug-likeness (QED) is 0.118. The van der Waals surface area contributed by atoms with Crippen molar-refractivity contribution < 1.29 is 84.6 Å². The van der Waals surface area contributed by atoms with Gasteiger partial charge in [-0.3, -0.25) is 4.79 Å². The molecule has 18 heteroatoms. The minimum absolute atomic E-state index is 0.345. The summed E-state index contributed by atoms with van der Waals surface area (Å²) in [4.78, 5) is 13.7. The highest BCUT2D eigenvalue weighted by Crippen LogP contribution is 2.42. The molecule has 18 nitrogen and oxygen atoms in total. The van der Waals surface area contributed by atoms with E-state index in [0.29, 0.717) is 0 Å².